The molecule has 0 spiro atoms. The number of fused-ring (bicyclic) bond motifs is 1. The molecule has 1 fully saturated rings. The molecule has 102 valence electrons. The van der Waals surface area contributed by atoms with E-state index in [0.29, 0.717) is 22.1 Å². The number of thiazole rings is 1. The molecule has 1 aromatic heterocycles. The first-order chi connectivity index (χ1) is 8.90. The SMILES string of the molecule is CCC1CC1c1nc2cc(F)c(C(F)(F)F)cc2s1. The van der Waals surface area contributed by atoms with Crippen LogP contribution in [-0.4, -0.2) is 4.98 Å². The number of hydrogen-bond acceptors (Lipinski definition) is 2. The van der Waals surface area contributed by atoms with Crippen molar-refractivity contribution in [3.63, 3.8) is 0 Å². The highest BCUT2D eigenvalue weighted by molar-refractivity contribution is 7.18. The molecule has 0 bridgehead atoms. The lowest BCUT2D eigenvalue weighted by Gasteiger charge is -2.06. The molecule has 2 aromatic rings. The van der Waals surface area contributed by atoms with E-state index in [2.05, 4.69) is 11.9 Å². The molecule has 2 atom stereocenters. The van der Waals surface area contributed by atoms with Crippen molar-refractivity contribution >= 4 is 21.6 Å². The van der Waals surface area contributed by atoms with E-state index < -0.39 is 17.6 Å². The van der Waals surface area contributed by atoms with E-state index >= 15 is 0 Å². The van der Waals surface area contributed by atoms with Gasteiger partial charge in [-0.1, -0.05) is 13.3 Å². The van der Waals surface area contributed by atoms with Gasteiger partial charge in [0.25, 0.3) is 0 Å². The minimum absolute atomic E-state index is 0.326. The lowest BCUT2D eigenvalue weighted by molar-refractivity contribution is -0.139. The Morgan fingerprint density at radius 3 is 2.68 bits per heavy atom. The van der Waals surface area contributed by atoms with Crippen LogP contribution in [-0.2, 0) is 6.18 Å². The van der Waals surface area contributed by atoms with Crippen LogP contribution >= 0.6 is 11.3 Å². The van der Waals surface area contributed by atoms with Crippen molar-refractivity contribution in [2.75, 3.05) is 0 Å². The molecule has 3 rings (SSSR count). The van der Waals surface area contributed by atoms with Gasteiger partial charge in [0.15, 0.2) is 0 Å². The summed E-state index contributed by atoms with van der Waals surface area (Å²) in [5.74, 6) is -0.327. The van der Waals surface area contributed by atoms with Crippen molar-refractivity contribution in [3.05, 3.63) is 28.5 Å². The van der Waals surface area contributed by atoms with Crippen molar-refractivity contribution in [1.82, 2.24) is 4.98 Å². The van der Waals surface area contributed by atoms with Gasteiger partial charge in [0.2, 0.25) is 0 Å². The number of hydrogen-bond donors (Lipinski definition) is 0. The maximum Gasteiger partial charge on any atom is 0.419 e. The quantitative estimate of drug-likeness (QED) is 0.711. The van der Waals surface area contributed by atoms with Crippen LogP contribution in [0.3, 0.4) is 0 Å². The summed E-state index contributed by atoms with van der Waals surface area (Å²) in [7, 11) is 0. The zero-order valence-corrected chi connectivity index (χ0v) is 10.9. The van der Waals surface area contributed by atoms with E-state index in [1.54, 1.807) is 0 Å². The molecule has 0 radical (unpaired) electrons. The molecule has 19 heavy (non-hydrogen) atoms. The smallest absolute Gasteiger partial charge is 0.241 e. The average Bonchev–Trinajstić information content (AvgIpc) is 2.99. The van der Waals surface area contributed by atoms with Gasteiger partial charge in [-0.3, -0.25) is 0 Å². The molecule has 1 aromatic carbocycles. The predicted molar refractivity (Wildman–Crippen MR) is 65.7 cm³/mol. The molecule has 0 amide bonds. The second-order valence-electron chi connectivity index (χ2n) is 4.86. The number of alkyl halides is 3. The third kappa shape index (κ3) is 2.22. The summed E-state index contributed by atoms with van der Waals surface area (Å²) in [6.45, 7) is 2.08. The highest BCUT2D eigenvalue weighted by Crippen LogP contribution is 2.51. The first-order valence-electron chi connectivity index (χ1n) is 6.07. The lowest BCUT2D eigenvalue weighted by Crippen LogP contribution is -2.07. The van der Waals surface area contributed by atoms with Crippen molar-refractivity contribution in [3.8, 4) is 0 Å². The first kappa shape index (κ1) is 12.8. The van der Waals surface area contributed by atoms with Crippen LogP contribution in [0, 0.1) is 11.7 Å². The van der Waals surface area contributed by atoms with E-state index in [4.69, 9.17) is 0 Å². The molecule has 0 N–H and O–H groups in total. The van der Waals surface area contributed by atoms with E-state index in [9.17, 15) is 17.6 Å². The largest absolute Gasteiger partial charge is 0.419 e. The highest BCUT2D eigenvalue weighted by atomic mass is 32.1. The van der Waals surface area contributed by atoms with Gasteiger partial charge >= 0.3 is 6.18 Å². The number of aromatic nitrogens is 1. The van der Waals surface area contributed by atoms with E-state index in [-0.39, 0.29) is 0 Å². The normalized spacial score (nSPS) is 23.0. The van der Waals surface area contributed by atoms with Crippen LogP contribution in [0.25, 0.3) is 10.2 Å². The Bertz CT molecular complexity index is 631. The summed E-state index contributed by atoms with van der Waals surface area (Å²) < 4.78 is 51.7. The van der Waals surface area contributed by atoms with Crippen LogP contribution in [0.2, 0.25) is 0 Å². The highest BCUT2D eigenvalue weighted by Gasteiger charge is 2.39. The summed E-state index contributed by atoms with van der Waals surface area (Å²) in [6.07, 6.45) is -2.58. The monoisotopic (exact) mass is 289 g/mol. The second kappa shape index (κ2) is 4.16. The molecule has 0 saturated heterocycles. The van der Waals surface area contributed by atoms with Gasteiger partial charge < -0.3 is 0 Å². The molecule has 0 aliphatic heterocycles. The Labute approximate surface area is 111 Å². The molecule has 1 saturated carbocycles. The number of rotatable bonds is 2. The fraction of sp³-hybridized carbons (Fsp3) is 0.462. The first-order valence-corrected chi connectivity index (χ1v) is 6.89. The van der Waals surface area contributed by atoms with Crippen molar-refractivity contribution in [2.24, 2.45) is 5.92 Å². The van der Waals surface area contributed by atoms with Gasteiger partial charge in [-0.25, -0.2) is 9.37 Å². The van der Waals surface area contributed by atoms with Gasteiger partial charge in [0, 0.05) is 12.0 Å². The fourth-order valence-corrected chi connectivity index (χ4v) is 3.54. The molecule has 1 heterocycles. The molecular weight excluding hydrogens is 278 g/mol. The summed E-state index contributed by atoms with van der Waals surface area (Å²) in [4.78, 5) is 4.27. The third-order valence-corrected chi connectivity index (χ3v) is 4.71. The Balaban J connectivity index is 2.04. The lowest BCUT2D eigenvalue weighted by atomic mass is 10.2. The summed E-state index contributed by atoms with van der Waals surface area (Å²) >= 11 is 1.25. The van der Waals surface area contributed by atoms with Gasteiger partial charge in [-0.05, 0) is 18.4 Å². The van der Waals surface area contributed by atoms with Crippen molar-refractivity contribution in [1.29, 1.82) is 0 Å². The third-order valence-electron chi connectivity index (χ3n) is 3.56. The van der Waals surface area contributed by atoms with Gasteiger partial charge in [-0.15, -0.1) is 11.3 Å². The van der Waals surface area contributed by atoms with Crippen molar-refractivity contribution in [2.45, 2.75) is 31.9 Å². The molecule has 1 nitrogen and oxygen atoms in total. The van der Waals surface area contributed by atoms with Crippen LogP contribution in [0.1, 0.15) is 36.3 Å². The van der Waals surface area contributed by atoms with E-state index in [1.165, 1.54) is 11.3 Å². The molecule has 1 aliphatic carbocycles. The maximum absolute atomic E-state index is 13.4. The van der Waals surface area contributed by atoms with Gasteiger partial charge in [-0.2, -0.15) is 13.2 Å². The predicted octanol–water partition coefficient (Wildman–Crippen LogP) is 4.97. The average molecular weight is 289 g/mol. The minimum atomic E-state index is -4.66. The Hall–Kier alpha value is -1.17. The minimum Gasteiger partial charge on any atom is -0.241 e. The molecule has 2 unspecified atom stereocenters. The standard InChI is InChI=1S/C13H11F4NS/c1-2-6-3-7(6)12-18-10-5-9(14)8(13(15,16)17)4-11(10)19-12/h4-7H,2-3H2,1H3. The van der Waals surface area contributed by atoms with Crippen LogP contribution in [0.15, 0.2) is 12.1 Å². The van der Waals surface area contributed by atoms with Crippen LogP contribution in [0.5, 0.6) is 0 Å². The molecular formula is C13H11F4NS. The Kier molecular flexibility index (Phi) is 2.81. The Morgan fingerprint density at radius 2 is 2.11 bits per heavy atom. The van der Waals surface area contributed by atoms with Crippen LogP contribution in [0.4, 0.5) is 17.6 Å². The molecule has 1 aliphatic rings. The maximum atomic E-state index is 13.4. The Morgan fingerprint density at radius 1 is 1.37 bits per heavy atom. The summed E-state index contributed by atoms with van der Waals surface area (Å²) in [5, 5.41) is 0.834. The molecule has 6 heteroatoms. The van der Waals surface area contributed by atoms with Gasteiger partial charge in [0.1, 0.15) is 5.82 Å². The topological polar surface area (TPSA) is 12.9 Å². The summed E-state index contributed by atoms with van der Waals surface area (Å²) in [6, 6.07) is 1.76. The number of benzene rings is 1. The van der Waals surface area contributed by atoms with Gasteiger partial charge in [0.05, 0.1) is 20.8 Å². The second-order valence-corrected chi connectivity index (χ2v) is 5.92. The van der Waals surface area contributed by atoms with Crippen molar-refractivity contribution < 1.29 is 17.6 Å². The number of nitrogens with zero attached hydrogens (tertiary/aromatic N) is 1. The number of halogens is 4. The summed E-state index contributed by atoms with van der Waals surface area (Å²) in [5.41, 5.74) is -0.884. The zero-order chi connectivity index (χ0) is 13.8. The van der Waals surface area contributed by atoms with E-state index in [0.717, 1.165) is 30.0 Å². The zero-order valence-electron chi connectivity index (χ0n) is 10.1. The van der Waals surface area contributed by atoms with E-state index in [1.807, 2.05) is 0 Å². The fourth-order valence-electron chi connectivity index (χ4n) is 2.34. The van der Waals surface area contributed by atoms with Crippen LogP contribution < -0.4 is 0 Å².